The smallest absolute Gasteiger partial charge is 0.376 e. The van der Waals surface area contributed by atoms with Crippen molar-refractivity contribution in [3.63, 3.8) is 0 Å². The van der Waals surface area contributed by atoms with Gasteiger partial charge in [-0.2, -0.15) is 8.42 Å². The second-order valence-corrected chi connectivity index (χ2v) is 13.9. The Labute approximate surface area is 264 Å². The Bertz CT molecular complexity index is 552. The summed E-state index contributed by atoms with van der Waals surface area (Å²) in [4.78, 5) is 0. The molecule has 0 aliphatic carbocycles. The quantitative estimate of drug-likeness (QED) is 0.0577. The summed E-state index contributed by atoms with van der Waals surface area (Å²) in [6.45, 7) is 9.20. The first-order valence-electron chi connectivity index (χ1n) is 18.6. The molecule has 0 aliphatic heterocycles. The van der Waals surface area contributed by atoms with Gasteiger partial charge >= 0.3 is 10.4 Å². The molecular formula is C36H76O5S. The van der Waals surface area contributed by atoms with Crippen LogP contribution >= 0.6 is 0 Å². The van der Waals surface area contributed by atoms with E-state index in [4.69, 9.17) is 22.3 Å². The average Bonchev–Trinajstić information content (AvgIpc) is 2.92. The summed E-state index contributed by atoms with van der Waals surface area (Å²) in [5, 5.41) is 0. The van der Waals surface area contributed by atoms with E-state index < -0.39 is 10.4 Å². The van der Waals surface area contributed by atoms with Crippen LogP contribution in [0, 0.1) is 0 Å². The van der Waals surface area contributed by atoms with E-state index in [1.807, 2.05) is 0 Å². The minimum Gasteiger partial charge on any atom is -0.376 e. The zero-order chi connectivity index (χ0) is 31.6. The molecule has 2 atom stereocenters. The lowest BCUT2D eigenvalue weighted by atomic mass is 10.0. The van der Waals surface area contributed by atoms with E-state index >= 15 is 0 Å². The largest absolute Gasteiger partial charge is 0.394 e. The van der Waals surface area contributed by atoms with Crippen LogP contribution in [0.4, 0.5) is 0 Å². The van der Waals surface area contributed by atoms with Crippen molar-refractivity contribution >= 4 is 10.4 Å². The average molecular weight is 621 g/mol. The molecule has 2 N–H and O–H groups in total. The van der Waals surface area contributed by atoms with Gasteiger partial charge < -0.3 is 4.74 Å². The van der Waals surface area contributed by atoms with Crippen molar-refractivity contribution < 1.29 is 22.3 Å². The Balaban J connectivity index is 0. The van der Waals surface area contributed by atoms with E-state index in [-0.39, 0.29) is 0 Å². The molecule has 0 aromatic heterocycles. The van der Waals surface area contributed by atoms with Gasteiger partial charge in [0.05, 0.1) is 12.2 Å². The van der Waals surface area contributed by atoms with Crippen LogP contribution in [-0.4, -0.2) is 29.7 Å². The molecule has 0 aliphatic rings. The molecule has 0 heterocycles. The number of hydrogen-bond donors (Lipinski definition) is 2. The molecule has 0 amide bonds. The predicted octanol–water partition coefficient (Wildman–Crippen LogP) is 12.9. The lowest BCUT2D eigenvalue weighted by molar-refractivity contribution is -0.00232. The standard InChI is InChI=1S/C36H74O.H2O4S/c1-5-7-9-11-13-15-17-19-21-23-25-27-29-31-33-35(3)37-36(4)34-32-30-28-26-24-22-20-18-16-14-12-10-8-6-2;1-5(2,3)4/h35-36H,5-34H2,1-4H3;(H2,1,2,3,4). The Morgan fingerprint density at radius 1 is 0.405 bits per heavy atom. The maximum absolute atomic E-state index is 8.74. The van der Waals surface area contributed by atoms with Gasteiger partial charge in [0.2, 0.25) is 0 Å². The van der Waals surface area contributed by atoms with Gasteiger partial charge in [0.1, 0.15) is 0 Å². The Kier molecular flexibility index (Phi) is 37.0. The van der Waals surface area contributed by atoms with Crippen LogP contribution in [0.2, 0.25) is 0 Å². The van der Waals surface area contributed by atoms with Gasteiger partial charge in [-0.1, -0.05) is 194 Å². The third-order valence-corrected chi connectivity index (χ3v) is 8.39. The molecule has 6 heteroatoms. The maximum atomic E-state index is 8.74. The highest BCUT2D eigenvalue weighted by Gasteiger charge is 2.08. The van der Waals surface area contributed by atoms with Gasteiger partial charge in [-0.25, -0.2) is 0 Å². The fourth-order valence-electron chi connectivity index (χ4n) is 5.79. The Morgan fingerprint density at radius 2 is 0.571 bits per heavy atom. The second-order valence-electron chi connectivity index (χ2n) is 13.0. The molecule has 0 rings (SSSR count). The van der Waals surface area contributed by atoms with Crippen LogP contribution in [0.15, 0.2) is 0 Å². The van der Waals surface area contributed by atoms with E-state index in [1.54, 1.807) is 0 Å². The normalized spacial score (nSPS) is 13.1. The zero-order valence-corrected chi connectivity index (χ0v) is 29.7. The van der Waals surface area contributed by atoms with Crippen molar-refractivity contribution in [2.75, 3.05) is 0 Å². The Morgan fingerprint density at radius 3 is 0.762 bits per heavy atom. The number of unbranched alkanes of at least 4 members (excludes halogenated alkanes) is 26. The highest BCUT2D eigenvalue weighted by molar-refractivity contribution is 7.79. The summed E-state index contributed by atoms with van der Waals surface area (Å²) in [5.74, 6) is 0. The summed E-state index contributed by atoms with van der Waals surface area (Å²) >= 11 is 0. The van der Waals surface area contributed by atoms with Crippen molar-refractivity contribution in [3.8, 4) is 0 Å². The summed E-state index contributed by atoms with van der Waals surface area (Å²) in [5.41, 5.74) is 0. The molecule has 0 fully saturated rings. The van der Waals surface area contributed by atoms with Gasteiger partial charge in [0.15, 0.2) is 0 Å². The number of rotatable bonds is 32. The molecule has 0 saturated heterocycles. The molecule has 0 bridgehead atoms. The van der Waals surface area contributed by atoms with Crippen molar-refractivity contribution in [2.45, 2.75) is 233 Å². The first kappa shape index (κ1) is 44.0. The molecule has 5 nitrogen and oxygen atoms in total. The fraction of sp³-hybridized carbons (Fsp3) is 1.00. The summed E-state index contributed by atoms with van der Waals surface area (Å²) in [7, 11) is -4.67. The van der Waals surface area contributed by atoms with Gasteiger partial charge in [-0.05, 0) is 26.7 Å². The monoisotopic (exact) mass is 621 g/mol. The second kappa shape index (κ2) is 35.3. The van der Waals surface area contributed by atoms with Crippen molar-refractivity contribution in [2.24, 2.45) is 0 Å². The summed E-state index contributed by atoms with van der Waals surface area (Å²) in [6.07, 6.45) is 43.7. The first-order chi connectivity index (χ1) is 20.2. The molecule has 0 saturated carbocycles. The van der Waals surface area contributed by atoms with Crippen molar-refractivity contribution in [1.82, 2.24) is 0 Å². The van der Waals surface area contributed by atoms with Crippen LogP contribution in [0.5, 0.6) is 0 Å². The molecular weight excluding hydrogens is 544 g/mol. The van der Waals surface area contributed by atoms with Crippen LogP contribution in [0.1, 0.15) is 220 Å². The maximum Gasteiger partial charge on any atom is 0.394 e. The van der Waals surface area contributed by atoms with Crippen molar-refractivity contribution in [1.29, 1.82) is 0 Å². The third kappa shape index (κ3) is 46.8. The molecule has 0 aromatic carbocycles. The summed E-state index contributed by atoms with van der Waals surface area (Å²) < 4.78 is 37.9. The first-order valence-corrected chi connectivity index (χ1v) is 20.0. The van der Waals surface area contributed by atoms with Gasteiger partial charge in [0, 0.05) is 0 Å². The highest BCUT2D eigenvalue weighted by Crippen LogP contribution is 2.17. The van der Waals surface area contributed by atoms with E-state index in [0.29, 0.717) is 12.2 Å². The number of hydrogen-bond acceptors (Lipinski definition) is 3. The molecule has 0 radical (unpaired) electrons. The van der Waals surface area contributed by atoms with Crippen molar-refractivity contribution in [3.05, 3.63) is 0 Å². The lowest BCUT2D eigenvalue weighted by Gasteiger charge is -2.19. The minimum absolute atomic E-state index is 0.443. The van der Waals surface area contributed by atoms with Crippen LogP contribution < -0.4 is 0 Å². The van der Waals surface area contributed by atoms with E-state index in [2.05, 4.69) is 27.7 Å². The SMILES string of the molecule is CCCCCCCCCCCCCCCCC(C)OC(C)CCCCCCCCCCCCCCCC.O=S(=O)(O)O. The molecule has 0 aromatic rings. The molecule has 42 heavy (non-hydrogen) atoms. The van der Waals surface area contributed by atoms with Crippen LogP contribution in [0.25, 0.3) is 0 Å². The Hall–Kier alpha value is -0.170. The van der Waals surface area contributed by atoms with Crippen LogP contribution in [0.3, 0.4) is 0 Å². The van der Waals surface area contributed by atoms with Crippen LogP contribution in [-0.2, 0) is 15.1 Å². The predicted molar refractivity (Wildman–Crippen MR) is 184 cm³/mol. The molecule has 256 valence electrons. The molecule has 0 spiro atoms. The lowest BCUT2D eigenvalue weighted by Crippen LogP contribution is -2.17. The van der Waals surface area contributed by atoms with Gasteiger partial charge in [-0.3, -0.25) is 9.11 Å². The van der Waals surface area contributed by atoms with Gasteiger partial charge in [0.25, 0.3) is 0 Å². The third-order valence-electron chi connectivity index (χ3n) is 8.39. The van der Waals surface area contributed by atoms with Gasteiger partial charge in [-0.15, -0.1) is 0 Å². The topological polar surface area (TPSA) is 83.8 Å². The summed E-state index contributed by atoms with van der Waals surface area (Å²) in [6, 6.07) is 0. The minimum atomic E-state index is -4.67. The van der Waals surface area contributed by atoms with E-state index in [9.17, 15) is 0 Å². The zero-order valence-electron chi connectivity index (χ0n) is 28.9. The van der Waals surface area contributed by atoms with E-state index in [0.717, 1.165) is 0 Å². The number of ether oxygens (including phenoxy) is 1. The fourth-order valence-corrected chi connectivity index (χ4v) is 5.79. The van der Waals surface area contributed by atoms with E-state index in [1.165, 1.54) is 193 Å². The highest BCUT2D eigenvalue weighted by atomic mass is 32.3. The molecule has 2 unspecified atom stereocenters.